The maximum atomic E-state index is 11.1. The molecule has 1 aromatic carbocycles. The normalized spacial score (nSPS) is 11.9. The smallest absolute Gasteiger partial charge is 0.152 e. The Labute approximate surface area is 116 Å². The number of fused-ring (bicyclic) bond motifs is 1. The van der Waals surface area contributed by atoms with Crippen LogP contribution in [0.3, 0.4) is 0 Å². The van der Waals surface area contributed by atoms with Gasteiger partial charge in [0.05, 0.1) is 11.3 Å². The molecule has 0 aliphatic carbocycles. The third kappa shape index (κ3) is 3.36. The summed E-state index contributed by atoms with van der Waals surface area (Å²) in [5.74, 6) is 0.129. The van der Waals surface area contributed by atoms with E-state index in [4.69, 9.17) is 11.6 Å². The number of aryl methyl sites for hydroxylation is 1. The molecule has 0 aliphatic heterocycles. The first-order valence-electron chi connectivity index (χ1n) is 5.82. The van der Waals surface area contributed by atoms with Crippen LogP contribution in [0.15, 0.2) is 24.4 Å². The molecule has 0 unspecified atom stereocenters. The minimum atomic E-state index is -2.96. The summed E-state index contributed by atoms with van der Waals surface area (Å²) in [6.45, 7) is 0.539. The predicted molar refractivity (Wildman–Crippen MR) is 76.7 cm³/mol. The van der Waals surface area contributed by atoms with E-state index in [9.17, 15) is 13.2 Å². The monoisotopic (exact) mass is 299 g/mol. The second kappa shape index (κ2) is 5.35. The molecule has 4 nitrogen and oxygen atoms in total. The molecule has 6 heteroatoms. The molecule has 0 amide bonds. The first-order valence-corrected chi connectivity index (χ1v) is 8.26. The van der Waals surface area contributed by atoms with Crippen LogP contribution in [0.4, 0.5) is 0 Å². The van der Waals surface area contributed by atoms with Gasteiger partial charge in [-0.1, -0.05) is 17.7 Å². The summed E-state index contributed by atoms with van der Waals surface area (Å²) < 4.78 is 24.1. The van der Waals surface area contributed by atoms with Crippen molar-refractivity contribution in [2.24, 2.45) is 0 Å². The first kappa shape index (κ1) is 14.1. The fourth-order valence-electron chi connectivity index (χ4n) is 2.07. The Morgan fingerprint density at radius 2 is 2.11 bits per heavy atom. The second-order valence-electron chi connectivity index (χ2n) is 4.54. The van der Waals surface area contributed by atoms with Gasteiger partial charge in [-0.2, -0.15) is 0 Å². The molecule has 19 heavy (non-hydrogen) atoms. The summed E-state index contributed by atoms with van der Waals surface area (Å²) in [4.78, 5) is 11.0. The predicted octanol–water partition coefficient (Wildman–Crippen LogP) is 2.54. The number of hydrogen-bond donors (Lipinski definition) is 0. The molecule has 2 rings (SSSR count). The Bertz CT molecular complexity index is 719. The van der Waals surface area contributed by atoms with Crippen LogP contribution in [0.1, 0.15) is 16.8 Å². The van der Waals surface area contributed by atoms with Gasteiger partial charge < -0.3 is 4.57 Å². The van der Waals surface area contributed by atoms with Crippen molar-refractivity contribution >= 4 is 38.6 Å². The number of carbonyl (C=O) groups excluding carboxylic acids is 1. The van der Waals surface area contributed by atoms with Crippen LogP contribution in [-0.2, 0) is 16.4 Å². The zero-order chi connectivity index (χ0) is 14.0. The van der Waals surface area contributed by atoms with Gasteiger partial charge in [-0.05, 0) is 18.6 Å². The number of aldehydes is 1. The molecular weight excluding hydrogens is 286 g/mol. The highest BCUT2D eigenvalue weighted by molar-refractivity contribution is 7.90. The Balaban J connectivity index is 2.32. The number of hydrogen-bond acceptors (Lipinski definition) is 3. The van der Waals surface area contributed by atoms with Gasteiger partial charge in [0.2, 0.25) is 0 Å². The lowest BCUT2D eigenvalue weighted by Crippen LogP contribution is -2.06. The van der Waals surface area contributed by atoms with E-state index in [2.05, 4.69) is 0 Å². The summed E-state index contributed by atoms with van der Waals surface area (Å²) in [6, 6.07) is 5.32. The number of sulfone groups is 1. The lowest BCUT2D eigenvalue weighted by atomic mass is 10.2. The van der Waals surface area contributed by atoms with Gasteiger partial charge >= 0.3 is 0 Å². The fraction of sp³-hybridized carbons (Fsp3) is 0.308. The highest BCUT2D eigenvalue weighted by Gasteiger charge is 2.09. The Morgan fingerprint density at radius 1 is 1.37 bits per heavy atom. The molecule has 0 atom stereocenters. The van der Waals surface area contributed by atoms with E-state index in [1.54, 1.807) is 24.4 Å². The number of rotatable bonds is 5. The molecule has 0 bridgehead atoms. The molecule has 1 heterocycles. The maximum absolute atomic E-state index is 11.1. The van der Waals surface area contributed by atoms with E-state index in [1.807, 2.05) is 4.57 Å². The van der Waals surface area contributed by atoms with Gasteiger partial charge in [0.15, 0.2) is 6.29 Å². The van der Waals surface area contributed by atoms with E-state index in [-0.39, 0.29) is 5.75 Å². The number of carbonyl (C=O) groups is 1. The number of nitrogens with zero attached hydrogens (tertiary/aromatic N) is 1. The van der Waals surface area contributed by atoms with Gasteiger partial charge in [-0.3, -0.25) is 4.79 Å². The summed E-state index contributed by atoms with van der Waals surface area (Å²) in [5, 5.41) is 1.42. The van der Waals surface area contributed by atoms with Gasteiger partial charge in [0.1, 0.15) is 9.84 Å². The van der Waals surface area contributed by atoms with Crippen LogP contribution >= 0.6 is 11.6 Å². The maximum Gasteiger partial charge on any atom is 0.152 e. The Kier molecular flexibility index (Phi) is 3.96. The number of aromatic nitrogens is 1. The third-order valence-corrected chi connectivity index (χ3v) is 4.18. The fourth-order valence-corrected chi connectivity index (χ4v) is 2.89. The second-order valence-corrected chi connectivity index (χ2v) is 7.24. The summed E-state index contributed by atoms with van der Waals surface area (Å²) in [6.07, 6.45) is 4.25. The molecule has 0 N–H and O–H groups in total. The summed E-state index contributed by atoms with van der Waals surface area (Å²) in [5.41, 5.74) is 1.44. The minimum Gasteiger partial charge on any atom is -0.347 e. The Morgan fingerprint density at radius 3 is 2.74 bits per heavy atom. The van der Waals surface area contributed by atoms with E-state index < -0.39 is 9.84 Å². The van der Waals surface area contributed by atoms with Gasteiger partial charge in [0, 0.05) is 35.0 Å². The van der Waals surface area contributed by atoms with Crippen molar-refractivity contribution in [3.63, 3.8) is 0 Å². The average Bonchev–Trinajstić information content (AvgIpc) is 2.65. The molecule has 0 fully saturated rings. The van der Waals surface area contributed by atoms with Crippen LogP contribution in [0, 0.1) is 0 Å². The molecule has 0 radical (unpaired) electrons. The van der Waals surface area contributed by atoms with E-state index in [0.717, 1.165) is 17.2 Å². The molecule has 0 saturated carbocycles. The van der Waals surface area contributed by atoms with E-state index >= 15 is 0 Å². The Hall–Kier alpha value is -1.33. The average molecular weight is 300 g/mol. The third-order valence-electron chi connectivity index (χ3n) is 2.92. The van der Waals surface area contributed by atoms with Crippen LogP contribution in [0.25, 0.3) is 10.9 Å². The van der Waals surface area contributed by atoms with Crippen LogP contribution in [0.5, 0.6) is 0 Å². The van der Waals surface area contributed by atoms with Gasteiger partial charge in [0.25, 0.3) is 0 Å². The molecule has 2 aromatic rings. The van der Waals surface area contributed by atoms with Crippen molar-refractivity contribution in [2.75, 3.05) is 12.0 Å². The molecule has 102 valence electrons. The first-order chi connectivity index (χ1) is 8.90. The summed E-state index contributed by atoms with van der Waals surface area (Å²) >= 11 is 5.95. The lowest BCUT2D eigenvalue weighted by Gasteiger charge is -2.04. The quantitative estimate of drug-likeness (QED) is 0.797. The number of halogens is 1. The van der Waals surface area contributed by atoms with Crippen LogP contribution in [-0.4, -0.2) is 31.3 Å². The number of benzene rings is 1. The lowest BCUT2D eigenvalue weighted by molar-refractivity contribution is 0.112. The topological polar surface area (TPSA) is 56.1 Å². The van der Waals surface area contributed by atoms with Crippen molar-refractivity contribution < 1.29 is 13.2 Å². The highest BCUT2D eigenvalue weighted by atomic mass is 35.5. The molecule has 0 aliphatic rings. The molecular formula is C13H14ClNO3S. The van der Waals surface area contributed by atoms with E-state index in [1.165, 1.54) is 6.26 Å². The van der Waals surface area contributed by atoms with Crippen LogP contribution in [0.2, 0.25) is 5.02 Å². The molecule has 0 spiro atoms. The molecule has 0 saturated heterocycles. The van der Waals surface area contributed by atoms with Crippen molar-refractivity contribution in [3.05, 3.63) is 35.0 Å². The summed E-state index contributed by atoms with van der Waals surface area (Å²) in [7, 11) is -2.96. The largest absolute Gasteiger partial charge is 0.347 e. The zero-order valence-electron chi connectivity index (χ0n) is 10.5. The van der Waals surface area contributed by atoms with Gasteiger partial charge in [-0.15, -0.1) is 0 Å². The molecule has 1 aromatic heterocycles. The van der Waals surface area contributed by atoms with Crippen molar-refractivity contribution in [2.45, 2.75) is 13.0 Å². The highest BCUT2D eigenvalue weighted by Crippen LogP contribution is 2.24. The van der Waals surface area contributed by atoms with Crippen molar-refractivity contribution in [1.29, 1.82) is 0 Å². The van der Waals surface area contributed by atoms with E-state index in [0.29, 0.717) is 23.6 Å². The standard InChI is InChI=1S/C13H14ClNO3S/c1-19(17,18)6-2-5-15-8-10(9-16)12-4-3-11(14)7-13(12)15/h3-4,7-9H,2,5-6H2,1H3. The van der Waals surface area contributed by atoms with Crippen molar-refractivity contribution in [1.82, 2.24) is 4.57 Å². The minimum absolute atomic E-state index is 0.129. The van der Waals surface area contributed by atoms with Crippen molar-refractivity contribution in [3.8, 4) is 0 Å². The van der Waals surface area contributed by atoms with Crippen LogP contribution < -0.4 is 0 Å². The SMILES string of the molecule is CS(=O)(=O)CCCn1cc(C=O)c2ccc(Cl)cc21. The van der Waals surface area contributed by atoms with Gasteiger partial charge in [-0.25, -0.2) is 8.42 Å². The zero-order valence-corrected chi connectivity index (χ0v) is 12.0.